The van der Waals surface area contributed by atoms with E-state index in [-0.39, 0.29) is 11.5 Å². The van der Waals surface area contributed by atoms with Crippen molar-refractivity contribution < 1.29 is 10.2 Å². The van der Waals surface area contributed by atoms with Crippen LogP contribution < -0.4 is 5.32 Å². The van der Waals surface area contributed by atoms with E-state index in [4.69, 9.17) is 0 Å². The van der Waals surface area contributed by atoms with E-state index < -0.39 is 0 Å². The van der Waals surface area contributed by atoms with Crippen LogP contribution in [0.1, 0.15) is 31.4 Å². The van der Waals surface area contributed by atoms with Gasteiger partial charge in [-0.1, -0.05) is 31.5 Å². The Bertz CT molecular complexity index is 415. The smallest absolute Gasteiger partial charge is 0.120 e. The van der Waals surface area contributed by atoms with E-state index in [9.17, 15) is 10.2 Å². The maximum atomic E-state index is 9.73. The van der Waals surface area contributed by atoms with Crippen LogP contribution in [0.25, 0.3) is 0 Å². The Kier molecular flexibility index (Phi) is 3.15. The summed E-state index contributed by atoms with van der Waals surface area (Å²) >= 11 is 0. The quantitative estimate of drug-likeness (QED) is 0.750. The van der Waals surface area contributed by atoms with E-state index in [1.54, 1.807) is 6.07 Å². The van der Waals surface area contributed by atoms with Gasteiger partial charge in [0.25, 0.3) is 0 Å². The highest BCUT2D eigenvalue weighted by molar-refractivity contribution is 5.35. The lowest BCUT2D eigenvalue weighted by atomic mass is 9.64. The van der Waals surface area contributed by atoms with Gasteiger partial charge in [0.05, 0.1) is 6.10 Å². The number of hydrogen-bond donors (Lipinski definition) is 3. The highest BCUT2D eigenvalue weighted by Crippen LogP contribution is 2.40. The van der Waals surface area contributed by atoms with Crippen LogP contribution in [0, 0.1) is 12.3 Å². The van der Waals surface area contributed by atoms with Crippen LogP contribution in [-0.2, 0) is 6.54 Å². The summed E-state index contributed by atoms with van der Waals surface area (Å²) in [5, 5.41) is 22.8. The third-order valence-corrected chi connectivity index (χ3v) is 3.99. The van der Waals surface area contributed by atoms with Gasteiger partial charge >= 0.3 is 0 Å². The number of phenolic OH excluding ortho intramolecular Hbond substituents is 1. The average Bonchev–Trinajstić information content (AvgIpc) is 2.28. The van der Waals surface area contributed by atoms with Gasteiger partial charge in [-0.15, -0.1) is 0 Å². The van der Waals surface area contributed by atoms with E-state index in [1.807, 2.05) is 19.1 Å². The molecule has 2 atom stereocenters. The summed E-state index contributed by atoms with van der Waals surface area (Å²) < 4.78 is 0. The summed E-state index contributed by atoms with van der Waals surface area (Å²) in [7, 11) is 0. The molecule has 0 saturated heterocycles. The average molecular weight is 235 g/mol. The summed E-state index contributed by atoms with van der Waals surface area (Å²) in [6.45, 7) is 6.79. The molecule has 0 amide bonds. The second-order valence-electron chi connectivity index (χ2n) is 5.64. The minimum Gasteiger partial charge on any atom is -0.508 e. The minimum atomic E-state index is -0.217. The number of aromatic hydroxyl groups is 1. The molecule has 3 N–H and O–H groups in total. The lowest BCUT2D eigenvalue weighted by Gasteiger charge is -2.49. The fourth-order valence-corrected chi connectivity index (χ4v) is 2.34. The molecule has 94 valence electrons. The molecule has 1 aromatic rings. The molecule has 0 radical (unpaired) electrons. The predicted octanol–water partition coefficient (Wildman–Crippen LogP) is 1.95. The molecule has 3 nitrogen and oxygen atoms in total. The second-order valence-corrected chi connectivity index (χ2v) is 5.64. The molecule has 0 aromatic heterocycles. The summed E-state index contributed by atoms with van der Waals surface area (Å²) in [5.41, 5.74) is 1.99. The monoisotopic (exact) mass is 235 g/mol. The molecule has 1 aliphatic carbocycles. The normalized spacial score (nSPS) is 26.6. The van der Waals surface area contributed by atoms with Crippen LogP contribution in [0.3, 0.4) is 0 Å². The molecule has 1 aromatic carbocycles. The SMILES string of the molecule is Cc1ccc(O)c(CNC2CC(O)C2(C)C)c1. The van der Waals surface area contributed by atoms with Crippen LogP contribution in [0.4, 0.5) is 0 Å². The first-order valence-corrected chi connectivity index (χ1v) is 6.11. The summed E-state index contributed by atoms with van der Waals surface area (Å²) in [6.07, 6.45) is 0.575. The molecule has 17 heavy (non-hydrogen) atoms. The third kappa shape index (κ3) is 2.31. The maximum absolute atomic E-state index is 9.73. The van der Waals surface area contributed by atoms with Crippen molar-refractivity contribution in [1.29, 1.82) is 0 Å². The van der Waals surface area contributed by atoms with E-state index >= 15 is 0 Å². The number of aliphatic hydroxyl groups excluding tert-OH is 1. The molecular formula is C14H21NO2. The van der Waals surface area contributed by atoms with E-state index in [2.05, 4.69) is 19.2 Å². The minimum absolute atomic E-state index is 0.0700. The number of aliphatic hydroxyl groups is 1. The number of aryl methyl sites for hydroxylation is 1. The summed E-state index contributed by atoms with van der Waals surface area (Å²) in [5.74, 6) is 0.334. The Morgan fingerprint density at radius 1 is 1.41 bits per heavy atom. The van der Waals surface area contributed by atoms with Crippen LogP contribution in [0.15, 0.2) is 18.2 Å². The molecule has 0 aliphatic heterocycles. The Morgan fingerprint density at radius 2 is 2.12 bits per heavy atom. The van der Waals surface area contributed by atoms with Gasteiger partial charge < -0.3 is 15.5 Å². The van der Waals surface area contributed by atoms with Crippen LogP contribution in [-0.4, -0.2) is 22.4 Å². The first-order valence-electron chi connectivity index (χ1n) is 6.11. The van der Waals surface area contributed by atoms with Crippen LogP contribution >= 0.6 is 0 Å². The lowest BCUT2D eigenvalue weighted by molar-refractivity contribution is -0.0730. The molecule has 0 spiro atoms. The molecular weight excluding hydrogens is 214 g/mol. The van der Waals surface area contributed by atoms with E-state index in [1.165, 1.54) is 0 Å². The van der Waals surface area contributed by atoms with Crippen molar-refractivity contribution >= 4 is 0 Å². The molecule has 1 aliphatic rings. The Morgan fingerprint density at radius 3 is 2.71 bits per heavy atom. The number of hydrogen-bond acceptors (Lipinski definition) is 3. The number of phenols is 1. The van der Waals surface area contributed by atoms with Crippen molar-refractivity contribution in [2.24, 2.45) is 5.41 Å². The number of rotatable bonds is 3. The highest BCUT2D eigenvalue weighted by atomic mass is 16.3. The van der Waals surface area contributed by atoms with Gasteiger partial charge in [-0.2, -0.15) is 0 Å². The largest absolute Gasteiger partial charge is 0.508 e. The Labute approximate surface area is 102 Å². The fourth-order valence-electron chi connectivity index (χ4n) is 2.34. The first-order chi connectivity index (χ1) is 7.91. The molecule has 2 rings (SSSR count). The van der Waals surface area contributed by atoms with Gasteiger partial charge in [-0.3, -0.25) is 0 Å². The fraction of sp³-hybridized carbons (Fsp3) is 0.571. The molecule has 1 saturated carbocycles. The Balaban J connectivity index is 1.97. The van der Waals surface area contributed by atoms with Gasteiger partial charge in [0.1, 0.15) is 5.75 Å². The van der Waals surface area contributed by atoms with Crippen molar-refractivity contribution in [3.05, 3.63) is 29.3 Å². The van der Waals surface area contributed by atoms with E-state index in [0.717, 1.165) is 17.5 Å². The zero-order chi connectivity index (χ0) is 12.6. The van der Waals surface area contributed by atoms with Gasteiger partial charge in [-0.25, -0.2) is 0 Å². The second kappa shape index (κ2) is 4.31. The number of nitrogens with one attached hydrogen (secondary N) is 1. The standard InChI is InChI=1S/C14H21NO2/c1-9-4-5-11(16)10(6-9)8-15-12-7-13(17)14(12,2)3/h4-6,12-13,15-17H,7-8H2,1-3H3. The summed E-state index contributed by atoms with van der Waals surface area (Å²) in [6, 6.07) is 5.94. The van der Waals surface area contributed by atoms with Crippen molar-refractivity contribution in [2.75, 3.05) is 0 Å². The molecule has 1 fully saturated rings. The third-order valence-electron chi connectivity index (χ3n) is 3.99. The lowest BCUT2D eigenvalue weighted by Crippen LogP contribution is -2.59. The van der Waals surface area contributed by atoms with Crippen LogP contribution in [0.5, 0.6) is 5.75 Å². The van der Waals surface area contributed by atoms with Crippen molar-refractivity contribution in [2.45, 2.75) is 45.9 Å². The Hall–Kier alpha value is -1.06. The van der Waals surface area contributed by atoms with Gasteiger partial charge in [-0.05, 0) is 19.4 Å². The molecule has 3 heteroatoms. The van der Waals surface area contributed by atoms with E-state index in [0.29, 0.717) is 18.3 Å². The zero-order valence-electron chi connectivity index (χ0n) is 10.7. The van der Waals surface area contributed by atoms with Gasteiger partial charge in [0, 0.05) is 23.6 Å². The van der Waals surface area contributed by atoms with Crippen LogP contribution in [0.2, 0.25) is 0 Å². The number of benzene rings is 1. The molecule has 0 bridgehead atoms. The molecule has 2 unspecified atom stereocenters. The van der Waals surface area contributed by atoms with Crippen molar-refractivity contribution in [1.82, 2.24) is 5.32 Å². The summed E-state index contributed by atoms with van der Waals surface area (Å²) in [4.78, 5) is 0. The zero-order valence-corrected chi connectivity index (χ0v) is 10.7. The first kappa shape index (κ1) is 12.4. The van der Waals surface area contributed by atoms with Gasteiger partial charge in [0.15, 0.2) is 0 Å². The predicted molar refractivity (Wildman–Crippen MR) is 67.9 cm³/mol. The molecule has 0 heterocycles. The van der Waals surface area contributed by atoms with Gasteiger partial charge in [0.2, 0.25) is 0 Å². The maximum Gasteiger partial charge on any atom is 0.120 e. The van der Waals surface area contributed by atoms with Crippen molar-refractivity contribution in [3.63, 3.8) is 0 Å². The van der Waals surface area contributed by atoms with Crippen molar-refractivity contribution in [3.8, 4) is 5.75 Å². The highest BCUT2D eigenvalue weighted by Gasteiger charge is 2.46. The topological polar surface area (TPSA) is 52.5 Å².